The van der Waals surface area contributed by atoms with Crippen molar-refractivity contribution in [3.05, 3.63) is 117 Å². The topological polar surface area (TPSA) is 121 Å². The van der Waals surface area contributed by atoms with Crippen molar-refractivity contribution in [2.24, 2.45) is 0 Å². The van der Waals surface area contributed by atoms with Gasteiger partial charge in [-0.1, -0.05) is 26.5 Å². The van der Waals surface area contributed by atoms with Crippen LogP contribution >= 0.6 is 0 Å². The number of alkyl halides is 6. The number of carbonyl (C=O) groups is 3. The maximum absolute atomic E-state index is 14.9. The van der Waals surface area contributed by atoms with E-state index >= 15 is 0 Å². The fraction of sp³-hybridized carbons (Fsp3) is 0.326. The van der Waals surface area contributed by atoms with E-state index in [1.165, 1.54) is 7.11 Å². The quantitative estimate of drug-likeness (QED) is 0.139. The second-order valence-corrected chi connectivity index (χ2v) is 14.8. The van der Waals surface area contributed by atoms with Gasteiger partial charge in [0.2, 0.25) is 0 Å². The zero-order valence-corrected chi connectivity index (χ0v) is 32.5. The van der Waals surface area contributed by atoms with Crippen LogP contribution in [-0.2, 0) is 28.4 Å². The second kappa shape index (κ2) is 14.4. The number of halogens is 6. The number of esters is 1. The van der Waals surface area contributed by atoms with Gasteiger partial charge in [-0.25, -0.2) is 9.97 Å². The first-order valence-electron chi connectivity index (χ1n) is 18.6. The molecule has 0 radical (unpaired) electrons. The number of imide groups is 1. The van der Waals surface area contributed by atoms with Crippen molar-refractivity contribution in [3.63, 3.8) is 0 Å². The molecule has 0 fully saturated rings. The van der Waals surface area contributed by atoms with E-state index in [9.17, 15) is 40.7 Å². The zero-order valence-electron chi connectivity index (χ0n) is 32.5. The van der Waals surface area contributed by atoms with E-state index in [-0.39, 0.29) is 41.5 Å². The molecule has 0 saturated heterocycles. The molecule has 3 aromatic rings. The van der Waals surface area contributed by atoms with E-state index in [0.717, 1.165) is 22.3 Å². The molecule has 2 atom stereocenters. The van der Waals surface area contributed by atoms with Gasteiger partial charge in [-0.2, -0.15) is 26.3 Å². The minimum atomic E-state index is -5.15. The molecule has 2 N–H and O–H groups in total. The molecule has 0 saturated carbocycles. The first kappa shape index (κ1) is 40.2. The van der Waals surface area contributed by atoms with Crippen molar-refractivity contribution in [1.29, 1.82) is 0 Å². The van der Waals surface area contributed by atoms with Gasteiger partial charge in [0.1, 0.15) is 0 Å². The number of carbonyl (C=O) groups excluding carboxylic acids is 3. The number of aryl methyl sites for hydroxylation is 1. The van der Waals surface area contributed by atoms with Crippen molar-refractivity contribution in [3.8, 4) is 0 Å². The molecule has 4 aliphatic rings. The Balaban J connectivity index is 1.57. The maximum atomic E-state index is 14.9. The van der Waals surface area contributed by atoms with Gasteiger partial charge < -0.3 is 14.7 Å². The molecule has 1 aromatic carbocycles. The fourth-order valence-corrected chi connectivity index (χ4v) is 8.24. The zero-order chi connectivity index (χ0) is 42.2. The Morgan fingerprint density at radius 2 is 1.48 bits per heavy atom. The summed E-state index contributed by atoms with van der Waals surface area (Å²) >= 11 is 0. The first-order chi connectivity index (χ1) is 27.3. The summed E-state index contributed by atoms with van der Waals surface area (Å²) in [7, 11) is 1.25. The SMILES string of the molecule is C=CC1=C(C)c2cc3[nH]c(c4c5[nH]c(cc6nc(cc1n2)C(C)=C6CC)c(C)c5C(=O)N(Cc1cc(C(F)(F)F)cc(C(F)(F)F)c1)C4=O)[C@@H](CCC(=O)OC)C3C. The van der Waals surface area contributed by atoms with Crippen molar-refractivity contribution >= 4 is 51.1 Å². The third-order valence-corrected chi connectivity index (χ3v) is 11.4. The Bertz CT molecular complexity index is 2560. The summed E-state index contributed by atoms with van der Waals surface area (Å²) in [5.74, 6) is -3.33. The second-order valence-electron chi connectivity index (χ2n) is 14.8. The molecule has 2 amide bonds. The average molecular weight is 804 g/mol. The Kier molecular flexibility index (Phi) is 10.0. The highest BCUT2D eigenvalue weighted by atomic mass is 19.4. The number of nitrogens with one attached hydrogen (secondary N) is 2. The molecule has 4 aliphatic heterocycles. The van der Waals surface area contributed by atoms with E-state index in [1.807, 2.05) is 39.8 Å². The van der Waals surface area contributed by atoms with E-state index in [4.69, 9.17) is 14.7 Å². The van der Waals surface area contributed by atoms with Crippen LogP contribution in [0.4, 0.5) is 26.3 Å². The number of nitrogens with zero attached hydrogens (tertiary/aromatic N) is 3. The Morgan fingerprint density at radius 1 is 0.862 bits per heavy atom. The van der Waals surface area contributed by atoms with Crippen LogP contribution < -0.4 is 0 Å². The molecule has 2 aromatic heterocycles. The predicted octanol–water partition coefficient (Wildman–Crippen LogP) is 10.5. The van der Waals surface area contributed by atoms with Crippen molar-refractivity contribution < 1.29 is 45.5 Å². The molecule has 1 unspecified atom stereocenters. The van der Waals surface area contributed by atoms with Gasteiger partial charge >= 0.3 is 18.3 Å². The minimum Gasteiger partial charge on any atom is -0.469 e. The molecule has 0 aliphatic carbocycles. The molecule has 6 heterocycles. The van der Waals surface area contributed by atoms with Crippen LogP contribution in [0.15, 0.2) is 49.1 Å². The van der Waals surface area contributed by atoms with E-state index in [2.05, 4.69) is 16.5 Å². The number of aromatic amines is 2. The maximum Gasteiger partial charge on any atom is 0.416 e. The van der Waals surface area contributed by atoms with Gasteiger partial charge in [-0.3, -0.25) is 19.3 Å². The number of H-pyrrole nitrogens is 2. The highest BCUT2D eigenvalue weighted by Crippen LogP contribution is 2.45. The summed E-state index contributed by atoms with van der Waals surface area (Å²) in [4.78, 5) is 59.1. The van der Waals surface area contributed by atoms with Gasteiger partial charge in [-0.05, 0) is 97.9 Å². The number of aromatic nitrogens is 4. The summed E-state index contributed by atoms with van der Waals surface area (Å²) in [5.41, 5.74) is 4.03. The molecule has 9 nitrogen and oxygen atoms in total. The highest BCUT2D eigenvalue weighted by Gasteiger charge is 2.42. The van der Waals surface area contributed by atoms with Crippen LogP contribution in [0.2, 0.25) is 0 Å². The number of allylic oxidation sites excluding steroid dienone is 5. The summed E-state index contributed by atoms with van der Waals surface area (Å²) in [6, 6.07) is 6.48. The number of hydrogen-bond donors (Lipinski definition) is 2. The molecule has 58 heavy (non-hydrogen) atoms. The van der Waals surface area contributed by atoms with E-state index < -0.39 is 59.3 Å². The van der Waals surface area contributed by atoms with Crippen LogP contribution in [0.25, 0.3) is 33.3 Å². The number of ether oxygens (including phenoxy) is 1. The number of methoxy groups -OCH3 is 1. The molecule has 15 heteroatoms. The lowest BCUT2D eigenvalue weighted by Gasteiger charge is -2.28. The van der Waals surface area contributed by atoms with Gasteiger partial charge in [0.25, 0.3) is 11.8 Å². The number of hydrogen-bond acceptors (Lipinski definition) is 6. The van der Waals surface area contributed by atoms with E-state index in [0.29, 0.717) is 68.7 Å². The summed E-state index contributed by atoms with van der Waals surface area (Å²) in [6.07, 6.45) is -7.87. The minimum absolute atomic E-state index is 0.00864. The van der Waals surface area contributed by atoms with Crippen molar-refractivity contribution in [1.82, 2.24) is 24.8 Å². The fourth-order valence-electron chi connectivity index (χ4n) is 8.24. The van der Waals surface area contributed by atoms with Crippen LogP contribution in [-0.4, -0.2) is 49.7 Å². The summed E-state index contributed by atoms with van der Waals surface area (Å²) in [6.45, 7) is 12.5. The highest BCUT2D eigenvalue weighted by molar-refractivity contribution is 6.23. The molecule has 302 valence electrons. The lowest BCUT2D eigenvalue weighted by Crippen LogP contribution is -2.40. The number of amides is 2. The standard InChI is InChI=1S/C43H39F6N5O4/c1-8-26-19(3)29-15-31-21(5)28(10-11-35(55)58-7)38(52-31)37-39-36(22(6)32(53-39)17-34-27(9-2)20(4)30(51-34)16-33(26)50-29)40(56)54(41(37)57)18-23-12-24(42(44,45)46)14-25(13-23)43(47,48)49/h8,12-17,21,28,52-53H,1,9-11,18H2,2-7H3/t21?,28-/m0/s1. The molecular formula is C43H39F6N5O4. The van der Waals surface area contributed by atoms with Crippen LogP contribution in [0.3, 0.4) is 0 Å². The molecular weight excluding hydrogens is 764 g/mol. The molecule has 7 rings (SSSR count). The first-order valence-corrected chi connectivity index (χ1v) is 18.6. The van der Waals surface area contributed by atoms with Gasteiger partial charge in [-0.15, -0.1) is 0 Å². The summed E-state index contributed by atoms with van der Waals surface area (Å²) < 4.78 is 88.5. The molecule has 0 spiro atoms. The summed E-state index contributed by atoms with van der Waals surface area (Å²) in [5, 5.41) is 0. The van der Waals surface area contributed by atoms with Crippen molar-refractivity contribution in [2.75, 3.05) is 7.11 Å². The Labute approximate surface area is 329 Å². The largest absolute Gasteiger partial charge is 0.469 e. The average Bonchev–Trinajstić information content (AvgIpc) is 3.84. The monoisotopic (exact) mass is 803 g/mol. The van der Waals surface area contributed by atoms with Gasteiger partial charge in [0, 0.05) is 40.7 Å². The van der Waals surface area contributed by atoms with Crippen molar-refractivity contribution in [2.45, 2.75) is 84.6 Å². The third-order valence-electron chi connectivity index (χ3n) is 11.4. The van der Waals surface area contributed by atoms with E-state index in [1.54, 1.807) is 19.1 Å². The van der Waals surface area contributed by atoms with Crippen LogP contribution in [0, 0.1) is 6.92 Å². The molecule has 8 bridgehead atoms. The lowest BCUT2D eigenvalue weighted by atomic mass is 9.84. The number of benzene rings is 1. The smallest absolute Gasteiger partial charge is 0.416 e. The van der Waals surface area contributed by atoms with Gasteiger partial charge in [0.05, 0.1) is 64.2 Å². The third kappa shape index (κ3) is 6.79. The lowest BCUT2D eigenvalue weighted by molar-refractivity contribution is -0.143. The normalized spacial score (nSPS) is 17.6. The Hall–Kier alpha value is -5.99. The van der Waals surface area contributed by atoms with Crippen LogP contribution in [0.5, 0.6) is 0 Å². The number of fused-ring (bicyclic) bond motifs is 8. The predicted molar refractivity (Wildman–Crippen MR) is 206 cm³/mol. The Morgan fingerprint density at radius 3 is 2.09 bits per heavy atom. The van der Waals surface area contributed by atoms with Gasteiger partial charge in [0.15, 0.2) is 0 Å². The number of rotatable bonds is 7. The van der Waals surface area contributed by atoms with Crippen LogP contribution in [0.1, 0.15) is 136 Å².